The first-order valence-electron chi connectivity index (χ1n) is 4.94. The van der Waals surface area contributed by atoms with Gasteiger partial charge in [-0.2, -0.15) is 0 Å². The summed E-state index contributed by atoms with van der Waals surface area (Å²) in [6.45, 7) is 0.928. The van der Waals surface area contributed by atoms with Crippen LogP contribution in [0.25, 0.3) is 0 Å². The van der Waals surface area contributed by atoms with Gasteiger partial charge in [0.1, 0.15) is 0 Å². The molecule has 0 fully saturated rings. The molecule has 0 heterocycles. The second-order valence-corrected chi connectivity index (χ2v) is 3.05. The second-order valence-electron chi connectivity index (χ2n) is 3.05. The van der Waals surface area contributed by atoms with E-state index < -0.39 is 0 Å². The predicted octanol–water partition coefficient (Wildman–Crippen LogP) is 0.143. The van der Waals surface area contributed by atoms with Gasteiger partial charge in [0.05, 0.1) is 13.3 Å². The van der Waals surface area contributed by atoms with Gasteiger partial charge in [-0.15, -0.1) is 0 Å². The van der Waals surface area contributed by atoms with Crippen LogP contribution in [0.1, 0.15) is 5.56 Å². The third kappa shape index (κ3) is 4.83. The number of nitrogens with two attached hydrogens (primary N) is 1. The molecule has 1 aromatic rings. The van der Waals surface area contributed by atoms with Crippen LogP contribution in [0.4, 0.5) is 5.69 Å². The number of hydrogen-bond donors (Lipinski definition) is 3. The minimum Gasteiger partial charge on any atom is -0.428 e. The van der Waals surface area contributed by atoms with Crippen LogP contribution < -0.4 is 11.1 Å². The fraction of sp³-hybridized carbons (Fsp3) is 0.400. The van der Waals surface area contributed by atoms with Gasteiger partial charge in [0.25, 0.3) is 7.48 Å². The molecule has 0 spiro atoms. The molecule has 4 N–H and O–H groups in total. The molecule has 0 aliphatic rings. The van der Waals surface area contributed by atoms with Gasteiger partial charge in [-0.05, 0) is 18.5 Å². The molecule has 5 heteroatoms. The highest BCUT2D eigenvalue weighted by Gasteiger charge is 1.96. The number of anilines is 1. The van der Waals surface area contributed by atoms with E-state index in [1.165, 1.54) is 0 Å². The highest BCUT2D eigenvalue weighted by Crippen LogP contribution is 2.09. The van der Waals surface area contributed by atoms with Gasteiger partial charge in [-0.25, -0.2) is 0 Å². The standard InChI is InChI=1S/C10H16BN2O2/c12-8-15-11-7-9-1-3-10(4-2-9)13-5-6-14/h1-4,13-14H,5-8,12H2. The van der Waals surface area contributed by atoms with Crippen molar-refractivity contribution in [3.63, 3.8) is 0 Å². The Morgan fingerprint density at radius 2 is 2.07 bits per heavy atom. The van der Waals surface area contributed by atoms with Crippen LogP contribution in [0.5, 0.6) is 0 Å². The van der Waals surface area contributed by atoms with Crippen LogP contribution in [0.2, 0.25) is 0 Å². The molecule has 0 saturated carbocycles. The number of aliphatic hydroxyl groups excluding tert-OH is 1. The summed E-state index contributed by atoms with van der Waals surface area (Å²) in [6, 6.07) is 7.97. The van der Waals surface area contributed by atoms with E-state index in [1.54, 1.807) is 7.48 Å². The van der Waals surface area contributed by atoms with Gasteiger partial charge in [0.2, 0.25) is 0 Å². The van der Waals surface area contributed by atoms with Crippen molar-refractivity contribution in [2.45, 2.75) is 6.32 Å². The van der Waals surface area contributed by atoms with Crippen LogP contribution in [-0.4, -0.2) is 32.5 Å². The SMILES string of the molecule is NCO[B]Cc1ccc(NCCO)cc1. The third-order valence-corrected chi connectivity index (χ3v) is 1.93. The Morgan fingerprint density at radius 1 is 1.33 bits per heavy atom. The molecule has 0 aliphatic carbocycles. The highest BCUT2D eigenvalue weighted by atomic mass is 16.4. The smallest absolute Gasteiger partial charge is 0.298 e. The van der Waals surface area contributed by atoms with Crippen molar-refractivity contribution in [1.82, 2.24) is 0 Å². The van der Waals surface area contributed by atoms with E-state index in [1.807, 2.05) is 24.3 Å². The average molecular weight is 207 g/mol. The molecule has 1 rings (SSSR count). The van der Waals surface area contributed by atoms with Crippen molar-refractivity contribution < 1.29 is 9.76 Å². The third-order valence-electron chi connectivity index (χ3n) is 1.93. The van der Waals surface area contributed by atoms with E-state index in [-0.39, 0.29) is 13.3 Å². The lowest BCUT2D eigenvalue weighted by Gasteiger charge is -2.05. The van der Waals surface area contributed by atoms with Gasteiger partial charge in [0.15, 0.2) is 0 Å². The van der Waals surface area contributed by atoms with Crippen molar-refractivity contribution in [2.24, 2.45) is 5.73 Å². The summed E-state index contributed by atoms with van der Waals surface area (Å²) in [7, 11) is 1.69. The summed E-state index contributed by atoms with van der Waals surface area (Å²) in [5.41, 5.74) is 7.36. The molecule has 4 nitrogen and oxygen atoms in total. The first kappa shape index (κ1) is 12.0. The van der Waals surface area contributed by atoms with Gasteiger partial charge in [-0.1, -0.05) is 17.7 Å². The van der Waals surface area contributed by atoms with Gasteiger partial charge >= 0.3 is 0 Å². The normalized spacial score (nSPS) is 10.0. The Hall–Kier alpha value is -1.04. The number of benzene rings is 1. The Bertz CT molecular complexity index is 267. The van der Waals surface area contributed by atoms with Crippen LogP contribution in [0, 0.1) is 0 Å². The fourth-order valence-electron chi connectivity index (χ4n) is 1.18. The summed E-state index contributed by atoms with van der Waals surface area (Å²) < 4.78 is 4.94. The summed E-state index contributed by atoms with van der Waals surface area (Å²) >= 11 is 0. The number of nitrogens with one attached hydrogen (secondary N) is 1. The van der Waals surface area contributed by atoms with Crippen LogP contribution in [0.3, 0.4) is 0 Å². The van der Waals surface area contributed by atoms with E-state index in [4.69, 9.17) is 15.5 Å². The topological polar surface area (TPSA) is 67.5 Å². The second kappa shape index (κ2) is 7.28. The molecular weight excluding hydrogens is 191 g/mol. The monoisotopic (exact) mass is 207 g/mol. The molecule has 0 aliphatic heterocycles. The zero-order valence-electron chi connectivity index (χ0n) is 8.65. The first-order valence-corrected chi connectivity index (χ1v) is 4.94. The summed E-state index contributed by atoms with van der Waals surface area (Å²) in [5, 5.41) is 11.7. The maximum Gasteiger partial charge on any atom is 0.298 e. The number of aliphatic hydroxyl groups is 1. The summed E-state index contributed by atoms with van der Waals surface area (Å²) in [6.07, 6.45) is 0.747. The van der Waals surface area contributed by atoms with Crippen molar-refractivity contribution in [2.75, 3.05) is 25.2 Å². The maximum atomic E-state index is 8.63. The Kier molecular flexibility index (Phi) is 5.84. The summed E-state index contributed by atoms with van der Waals surface area (Å²) in [4.78, 5) is 0. The molecule has 0 amide bonds. The van der Waals surface area contributed by atoms with Crippen LogP contribution in [0.15, 0.2) is 24.3 Å². The fourth-order valence-corrected chi connectivity index (χ4v) is 1.18. The predicted molar refractivity (Wildman–Crippen MR) is 61.6 cm³/mol. The van der Waals surface area contributed by atoms with E-state index in [0.717, 1.165) is 17.6 Å². The van der Waals surface area contributed by atoms with Crippen LogP contribution >= 0.6 is 0 Å². The Labute approximate surface area is 90.7 Å². The summed E-state index contributed by atoms with van der Waals surface area (Å²) in [5.74, 6) is 0. The van der Waals surface area contributed by atoms with Gasteiger partial charge < -0.3 is 20.8 Å². The van der Waals surface area contributed by atoms with Crippen molar-refractivity contribution in [3.8, 4) is 0 Å². The lowest BCUT2D eigenvalue weighted by atomic mass is 9.89. The van der Waals surface area contributed by atoms with E-state index in [9.17, 15) is 0 Å². The minimum absolute atomic E-state index is 0.139. The van der Waals surface area contributed by atoms with Gasteiger partial charge in [-0.3, -0.25) is 0 Å². The van der Waals surface area contributed by atoms with Crippen molar-refractivity contribution in [1.29, 1.82) is 0 Å². The highest BCUT2D eigenvalue weighted by molar-refractivity contribution is 6.26. The lowest BCUT2D eigenvalue weighted by molar-refractivity contribution is 0.311. The van der Waals surface area contributed by atoms with E-state index in [2.05, 4.69) is 5.32 Å². The minimum atomic E-state index is 0.139. The largest absolute Gasteiger partial charge is 0.428 e. The molecule has 0 unspecified atom stereocenters. The quantitative estimate of drug-likeness (QED) is 0.338. The van der Waals surface area contributed by atoms with E-state index in [0.29, 0.717) is 6.54 Å². The number of hydrogen-bond acceptors (Lipinski definition) is 4. The molecule has 0 bridgehead atoms. The Balaban J connectivity index is 2.35. The molecule has 1 aromatic carbocycles. The lowest BCUT2D eigenvalue weighted by Crippen LogP contribution is -2.10. The van der Waals surface area contributed by atoms with Gasteiger partial charge in [0, 0.05) is 12.2 Å². The number of rotatable bonds is 7. The Morgan fingerprint density at radius 3 is 2.67 bits per heavy atom. The molecule has 0 saturated heterocycles. The maximum absolute atomic E-state index is 8.63. The van der Waals surface area contributed by atoms with Crippen molar-refractivity contribution in [3.05, 3.63) is 29.8 Å². The molecule has 1 radical (unpaired) electrons. The van der Waals surface area contributed by atoms with Crippen LogP contribution in [-0.2, 0) is 11.0 Å². The molecule has 81 valence electrons. The molecular formula is C10H16BN2O2. The van der Waals surface area contributed by atoms with E-state index >= 15 is 0 Å². The average Bonchev–Trinajstić information content (AvgIpc) is 2.28. The van der Waals surface area contributed by atoms with Crippen molar-refractivity contribution >= 4 is 13.2 Å². The molecule has 0 atom stereocenters. The zero-order valence-corrected chi connectivity index (χ0v) is 8.65. The zero-order chi connectivity index (χ0) is 10.9. The molecule has 0 aromatic heterocycles. The first-order chi connectivity index (χ1) is 7.36. The molecule has 15 heavy (non-hydrogen) atoms.